The van der Waals surface area contributed by atoms with Crippen LogP contribution in [0.25, 0.3) is 0 Å². The van der Waals surface area contributed by atoms with E-state index in [4.69, 9.17) is 21.1 Å². The lowest BCUT2D eigenvalue weighted by Gasteiger charge is -2.30. The van der Waals surface area contributed by atoms with Crippen molar-refractivity contribution >= 4 is 36.3 Å². The van der Waals surface area contributed by atoms with Crippen LogP contribution >= 0.6 is 20.5 Å². The molecule has 1 aliphatic heterocycles. The number of sulfonamides is 1. The molecule has 0 N–H and O–H groups in total. The number of hydrogen-bond donors (Lipinski definition) is 0. The van der Waals surface area contributed by atoms with Gasteiger partial charge in [-0.25, -0.2) is 12.7 Å². The Labute approximate surface area is 223 Å². The smallest absolute Gasteiger partial charge is 0.269 e. The number of halogens is 1. The number of anilines is 1. The molecule has 2 atom stereocenters. The van der Waals surface area contributed by atoms with Gasteiger partial charge in [-0.1, -0.05) is 68.5 Å². The van der Waals surface area contributed by atoms with Gasteiger partial charge in [-0.15, -0.1) is 0 Å². The van der Waals surface area contributed by atoms with Gasteiger partial charge in [-0.05, 0) is 54.4 Å². The van der Waals surface area contributed by atoms with E-state index in [1.807, 2.05) is 66.1 Å². The molecule has 0 amide bonds. The summed E-state index contributed by atoms with van der Waals surface area (Å²) in [5.74, 6) is 1.16. The number of pyridine rings is 1. The number of fused-ring (bicyclic) bond motifs is 1. The topological polar surface area (TPSA) is 60.8 Å². The molecule has 37 heavy (non-hydrogen) atoms. The predicted molar refractivity (Wildman–Crippen MR) is 149 cm³/mol. The largest absolute Gasteiger partial charge is 0.497 e. The number of methoxy groups -OCH3 is 2. The average Bonchev–Trinajstić information content (AvgIpc) is 3.26. The maximum atomic E-state index is 14.6. The summed E-state index contributed by atoms with van der Waals surface area (Å²) in [6.45, 7) is 2.03. The van der Waals surface area contributed by atoms with E-state index in [0.717, 1.165) is 21.8 Å². The van der Waals surface area contributed by atoms with Crippen molar-refractivity contribution in [2.45, 2.75) is 23.9 Å². The van der Waals surface area contributed by atoms with Gasteiger partial charge in [0.15, 0.2) is 0 Å². The fourth-order valence-electron chi connectivity index (χ4n) is 4.83. The van der Waals surface area contributed by atoms with E-state index in [0.29, 0.717) is 16.6 Å². The van der Waals surface area contributed by atoms with Crippen LogP contribution in [0.3, 0.4) is 0 Å². The van der Waals surface area contributed by atoms with E-state index in [9.17, 15) is 8.42 Å². The molecule has 4 aromatic rings. The van der Waals surface area contributed by atoms with Crippen LogP contribution in [-0.2, 0) is 10.0 Å². The molecule has 0 unspecified atom stereocenters. The monoisotopic (exact) mass is 552 g/mol. The number of nitrogens with zero attached hydrogens (tertiary/aromatic N) is 2. The first-order valence-corrected chi connectivity index (χ1v) is 13.9. The Kier molecular flexibility index (Phi) is 6.80. The first kappa shape index (κ1) is 25.4. The van der Waals surface area contributed by atoms with Crippen molar-refractivity contribution in [1.29, 1.82) is 0 Å². The van der Waals surface area contributed by atoms with Crippen molar-refractivity contribution in [3.05, 3.63) is 112 Å². The third-order valence-corrected chi connectivity index (χ3v) is 9.07. The zero-order valence-corrected chi connectivity index (χ0v) is 23.1. The van der Waals surface area contributed by atoms with Crippen molar-refractivity contribution < 1.29 is 17.9 Å². The second-order valence-corrected chi connectivity index (χ2v) is 11.5. The normalized spacial score (nSPS) is 16.9. The quantitative estimate of drug-likeness (QED) is 0.250. The third-order valence-electron chi connectivity index (χ3n) is 6.60. The van der Waals surface area contributed by atoms with E-state index in [1.165, 1.54) is 24.6 Å². The third kappa shape index (κ3) is 4.42. The van der Waals surface area contributed by atoms with Crippen molar-refractivity contribution in [3.63, 3.8) is 0 Å². The zero-order chi connectivity index (χ0) is 26.3. The molecule has 0 saturated heterocycles. The number of benzene rings is 3. The standard InChI is InChI=1S/C28H26ClN2O4PS/c1-18-7-9-19(10-8-18)27-28(20-11-13-21(29)14-12-20)31(25-5-4-6-26(36)30(25)27)37(32,33)24-17-22(34-2)15-16-23(24)35-3/h4-17,27-28,36H,1-3H3/t27-,28+/m0/s1. The van der Waals surface area contributed by atoms with E-state index < -0.39 is 16.1 Å². The fourth-order valence-corrected chi connectivity index (χ4v) is 7.12. The summed E-state index contributed by atoms with van der Waals surface area (Å²) in [6.07, 6.45) is 0. The molecule has 2 heterocycles. The molecule has 1 aliphatic rings. The van der Waals surface area contributed by atoms with Crippen LogP contribution < -0.4 is 13.8 Å². The molecule has 0 spiro atoms. The van der Waals surface area contributed by atoms with E-state index >= 15 is 0 Å². The highest BCUT2D eigenvalue weighted by Gasteiger charge is 2.47. The van der Waals surface area contributed by atoms with E-state index in [2.05, 4.69) is 8.86 Å². The first-order chi connectivity index (χ1) is 17.8. The summed E-state index contributed by atoms with van der Waals surface area (Å²) in [4.78, 5) is 0.0174. The van der Waals surface area contributed by atoms with Gasteiger partial charge in [0, 0.05) is 11.1 Å². The SMILES string of the molecule is COc1ccc(OC)c(S(=O)(=O)N2c3cccc(=P)n3[C@@H](c3ccc(C)cc3)[C@H]2c2ccc(Cl)cc2)c1. The lowest BCUT2D eigenvalue weighted by Crippen LogP contribution is -2.34. The Bertz CT molecular complexity index is 1620. The van der Waals surface area contributed by atoms with Crippen molar-refractivity contribution in [2.75, 3.05) is 18.5 Å². The molecule has 190 valence electrons. The van der Waals surface area contributed by atoms with Gasteiger partial charge in [0.1, 0.15) is 22.2 Å². The Morgan fingerprint density at radius 2 is 1.49 bits per heavy atom. The van der Waals surface area contributed by atoms with Crippen molar-refractivity contribution in [2.24, 2.45) is 0 Å². The highest BCUT2D eigenvalue weighted by molar-refractivity contribution is 7.93. The van der Waals surface area contributed by atoms with Crippen LogP contribution in [0.2, 0.25) is 5.02 Å². The molecule has 0 bridgehead atoms. The lowest BCUT2D eigenvalue weighted by molar-refractivity contribution is 0.392. The zero-order valence-electron chi connectivity index (χ0n) is 20.6. The van der Waals surface area contributed by atoms with E-state index in [-0.39, 0.29) is 16.7 Å². The summed E-state index contributed by atoms with van der Waals surface area (Å²) in [5, 5.41) is 1.32. The van der Waals surface area contributed by atoms with Gasteiger partial charge < -0.3 is 14.0 Å². The van der Waals surface area contributed by atoms with Crippen LogP contribution in [-0.4, -0.2) is 27.2 Å². The maximum absolute atomic E-state index is 14.6. The van der Waals surface area contributed by atoms with Gasteiger partial charge in [-0.3, -0.25) is 0 Å². The molecule has 0 radical (unpaired) electrons. The van der Waals surface area contributed by atoms with Crippen LogP contribution in [0.4, 0.5) is 5.82 Å². The summed E-state index contributed by atoms with van der Waals surface area (Å²) in [7, 11) is 2.56. The highest BCUT2D eigenvalue weighted by atomic mass is 35.5. The van der Waals surface area contributed by atoms with Gasteiger partial charge in [0.2, 0.25) is 0 Å². The van der Waals surface area contributed by atoms with Gasteiger partial charge in [-0.2, -0.15) is 0 Å². The number of hydrogen-bond acceptors (Lipinski definition) is 4. The summed E-state index contributed by atoms with van der Waals surface area (Å²) < 4.78 is 43.5. The van der Waals surface area contributed by atoms with Gasteiger partial charge in [0.25, 0.3) is 10.0 Å². The average molecular weight is 553 g/mol. The number of aromatic nitrogens is 1. The molecule has 3 aromatic carbocycles. The minimum atomic E-state index is -4.15. The Hall–Kier alpha value is -3.25. The Balaban J connectivity index is 1.83. The highest BCUT2D eigenvalue weighted by Crippen LogP contribution is 2.51. The molecule has 0 fully saturated rings. The minimum absolute atomic E-state index is 0.0174. The Morgan fingerprint density at radius 1 is 0.838 bits per heavy atom. The van der Waals surface area contributed by atoms with Crippen LogP contribution in [0.1, 0.15) is 28.8 Å². The number of aryl methyl sites for hydroxylation is 1. The lowest BCUT2D eigenvalue weighted by atomic mass is 9.94. The predicted octanol–water partition coefficient (Wildman–Crippen LogP) is 6.68. The van der Waals surface area contributed by atoms with Crippen molar-refractivity contribution in [3.8, 4) is 11.5 Å². The molecule has 5 rings (SSSR count). The fraction of sp³-hybridized carbons (Fsp3) is 0.179. The minimum Gasteiger partial charge on any atom is -0.497 e. The summed E-state index contributed by atoms with van der Waals surface area (Å²) in [6, 6.07) is 24.8. The second-order valence-electron chi connectivity index (χ2n) is 8.81. The van der Waals surface area contributed by atoms with Crippen LogP contribution in [0.15, 0.2) is 89.8 Å². The molecule has 0 saturated carbocycles. The summed E-state index contributed by atoms with van der Waals surface area (Å²) >= 11 is 6.22. The molecule has 9 heteroatoms. The van der Waals surface area contributed by atoms with Crippen LogP contribution in [0.5, 0.6) is 11.5 Å². The van der Waals surface area contributed by atoms with Crippen molar-refractivity contribution in [1.82, 2.24) is 4.57 Å². The maximum Gasteiger partial charge on any atom is 0.269 e. The number of rotatable bonds is 6. The van der Waals surface area contributed by atoms with Gasteiger partial charge in [0.05, 0.1) is 31.4 Å². The van der Waals surface area contributed by atoms with Gasteiger partial charge >= 0.3 is 0 Å². The second kappa shape index (κ2) is 9.90. The number of ether oxygens (including phenoxy) is 2. The van der Waals surface area contributed by atoms with E-state index in [1.54, 1.807) is 24.3 Å². The van der Waals surface area contributed by atoms with Crippen LogP contribution in [0, 0.1) is 12.0 Å². The molecule has 0 aliphatic carbocycles. The first-order valence-electron chi connectivity index (χ1n) is 11.6. The summed E-state index contributed by atoms with van der Waals surface area (Å²) in [5.41, 5.74) is 2.89. The molecule has 6 nitrogen and oxygen atoms in total. The molecule has 1 aromatic heterocycles. The molecular weight excluding hydrogens is 527 g/mol. The molecular formula is C28H26ClN2O4PS. The Morgan fingerprint density at radius 3 is 2.14 bits per heavy atom.